The van der Waals surface area contributed by atoms with Gasteiger partial charge in [0, 0.05) is 33.7 Å². The Bertz CT molecular complexity index is 221. The number of carbonyl (C=O) groups excluding carboxylic acids is 1. The van der Waals surface area contributed by atoms with E-state index in [0.29, 0.717) is 26.1 Å². The Labute approximate surface area is 95.6 Å². The maximum absolute atomic E-state index is 11.5. The summed E-state index contributed by atoms with van der Waals surface area (Å²) in [5.41, 5.74) is 0. The highest BCUT2D eigenvalue weighted by Gasteiger charge is 2.08. The number of carbonyl (C=O) groups is 2. The fraction of sp³-hybridized carbons (Fsp3) is 0.800. The van der Waals surface area contributed by atoms with Gasteiger partial charge in [0.25, 0.3) is 0 Å². The summed E-state index contributed by atoms with van der Waals surface area (Å²) in [4.78, 5) is 23.3. The number of carboxylic acid groups (broad SMARTS) is 1. The van der Waals surface area contributed by atoms with Gasteiger partial charge in [-0.15, -0.1) is 0 Å². The second kappa shape index (κ2) is 9.11. The SMILES string of the molecule is COCCNCC(=O)N(C)CCCC(=O)O. The largest absolute Gasteiger partial charge is 0.481 e. The van der Waals surface area contributed by atoms with Crippen molar-refractivity contribution in [2.24, 2.45) is 0 Å². The van der Waals surface area contributed by atoms with Gasteiger partial charge in [-0.1, -0.05) is 0 Å². The molecule has 1 amide bonds. The molecule has 6 nitrogen and oxygen atoms in total. The number of hydrogen-bond donors (Lipinski definition) is 2. The van der Waals surface area contributed by atoms with Gasteiger partial charge < -0.3 is 20.1 Å². The molecule has 0 aromatic heterocycles. The Kier molecular flexibility index (Phi) is 8.46. The first kappa shape index (κ1) is 14.9. The van der Waals surface area contributed by atoms with Gasteiger partial charge in [0.2, 0.25) is 5.91 Å². The molecule has 0 radical (unpaired) electrons. The minimum atomic E-state index is -0.834. The van der Waals surface area contributed by atoms with E-state index in [1.165, 1.54) is 4.90 Å². The standard InChI is InChI=1S/C10H20N2O4/c1-12(6-3-4-10(14)15)9(13)8-11-5-7-16-2/h11H,3-8H2,1-2H3,(H,14,15). The molecule has 0 spiro atoms. The Morgan fingerprint density at radius 1 is 1.44 bits per heavy atom. The summed E-state index contributed by atoms with van der Waals surface area (Å²) in [6.07, 6.45) is 0.574. The van der Waals surface area contributed by atoms with Crippen molar-refractivity contribution < 1.29 is 19.4 Å². The number of carboxylic acids is 1. The number of hydrogen-bond acceptors (Lipinski definition) is 4. The molecular formula is C10H20N2O4. The highest BCUT2D eigenvalue weighted by Crippen LogP contribution is 1.93. The molecule has 0 aromatic rings. The normalized spacial score (nSPS) is 10.1. The van der Waals surface area contributed by atoms with Crippen LogP contribution in [0.4, 0.5) is 0 Å². The van der Waals surface area contributed by atoms with Gasteiger partial charge >= 0.3 is 5.97 Å². The molecule has 0 unspecified atom stereocenters. The van der Waals surface area contributed by atoms with E-state index in [2.05, 4.69) is 5.32 Å². The van der Waals surface area contributed by atoms with Crippen LogP contribution >= 0.6 is 0 Å². The van der Waals surface area contributed by atoms with Crippen LogP contribution in [0.15, 0.2) is 0 Å². The van der Waals surface area contributed by atoms with Crippen molar-refractivity contribution in [3.05, 3.63) is 0 Å². The lowest BCUT2D eigenvalue weighted by Crippen LogP contribution is -2.37. The van der Waals surface area contributed by atoms with E-state index in [1.54, 1.807) is 14.2 Å². The van der Waals surface area contributed by atoms with Gasteiger partial charge in [-0.2, -0.15) is 0 Å². The third-order valence-corrected chi connectivity index (χ3v) is 2.07. The molecule has 0 bridgehead atoms. The molecule has 0 aromatic carbocycles. The minimum absolute atomic E-state index is 0.0403. The number of amides is 1. The molecule has 94 valence electrons. The first-order valence-corrected chi connectivity index (χ1v) is 5.23. The maximum atomic E-state index is 11.5. The average molecular weight is 232 g/mol. The van der Waals surface area contributed by atoms with Crippen LogP contribution in [-0.2, 0) is 14.3 Å². The van der Waals surface area contributed by atoms with E-state index in [-0.39, 0.29) is 18.9 Å². The summed E-state index contributed by atoms with van der Waals surface area (Å²) in [5.74, 6) is -0.874. The van der Waals surface area contributed by atoms with E-state index < -0.39 is 5.97 Å². The van der Waals surface area contributed by atoms with Gasteiger partial charge in [0.05, 0.1) is 13.2 Å². The van der Waals surface area contributed by atoms with Gasteiger partial charge in [0.15, 0.2) is 0 Å². The Balaban J connectivity index is 3.53. The van der Waals surface area contributed by atoms with Crippen LogP contribution in [0.2, 0.25) is 0 Å². The second-order valence-electron chi connectivity index (χ2n) is 3.48. The Hall–Kier alpha value is -1.14. The monoisotopic (exact) mass is 232 g/mol. The lowest BCUT2D eigenvalue weighted by Gasteiger charge is -2.16. The third kappa shape index (κ3) is 8.19. The highest BCUT2D eigenvalue weighted by molar-refractivity contribution is 5.78. The molecule has 0 rings (SSSR count). The molecule has 0 saturated carbocycles. The molecule has 2 N–H and O–H groups in total. The number of aliphatic carboxylic acids is 1. The van der Waals surface area contributed by atoms with E-state index in [0.717, 1.165) is 0 Å². The maximum Gasteiger partial charge on any atom is 0.303 e. The van der Waals surface area contributed by atoms with Crippen molar-refractivity contribution in [3.8, 4) is 0 Å². The number of likely N-dealkylation sites (N-methyl/N-ethyl adjacent to an activating group) is 1. The Morgan fingerprint density at radius 2 is 2.12 bits per heavy atom. The van der Waals surface area contributed by atoms with Crippen molar-refractivity contribution in [1.82, 2.24) is 10.2 Å². The van der Waals surface area contributed by atoms with E-state index in [9.17, 15) is 9.59 Å². The third-order valence-electron chi connectivity index (χ3n) is 2.07. The molecule has 0 atom stereocenters. The van der Waals surface area contributed by atoms with Crippen LogP contribution < -0.4 is 5.32 Å². The number of rotatable bonds is 9. The molecule has 6 heteroatoms. The van der Waals surface area contributed by atoms with Crippen LogP contribution in [0.3, 0.4) is 0 Å². The van der Waals surface area contributed by atoms with Crippen molar-refractivity contribution >= 4 is 11.9 Å². The van der Waals surface area contributed by atoms with Crippen molar-refractivity contribution in [1.29, 1.82) is 0 Å². The van der Waals surface area contributed by atoms with Crippen LogP contribution in [0.5, 0.6) is 0 Å². The number of nitrogens with zero attached hydrogens (tertiary/aromatic N) is 1. The molecule has 0 fully saturated rings. The summed E-state index contributed by atoms with van der Waals surface area (Å²) in [6, 6.07) is 0. The van der Waals surface area contributed by atoms with Gasteiger partial charge in [-0.05, 0) is 6.42 Å². The number of methoxy groups -OCH3 is 1. The summed E-state index contributed by atoms with van der Waals surface area (Å²) < 4.78 is 4.82. The smallest absolute Gasteiger partial charge is 0.303 e. The predicted octanol–water partition coefficient (Wildman–Crippen LogP) is -0.454. The molecule has 0 saturated heterocycles. The fourth-order valence-electron chi connectivity index (χ4n) is 1.10. The van der Waals surface area contributed by atoms with E-state index in [4.69, 9.17) is 9.84 Å². The predicted molar refractivity (Wildman–Crippen MR) is 59.3 cm³/mol. The lowest BCUT2D eigenvalue weighted by atomic mass is 10.3. The molecule has 0 heterocycles. The zero-order valence-electron chi connectivity index (χ0n) is 9.86. The molecule has 0 aliphatic heterocycles. The zero-order valence-corrected chi connectivity index (χ0v) is 9.86. The molecule has 0 aliphatic carbocycles. The first-order chi connectivity index (χ1) is 7.57. The van der Waals surface area contributed by atoms with Crippen molar-refractivity contribution in [3.63, 3.8) is 0 Å². The topological polar surface area (TPSA) is 78.9 Å². The summed E-state index contributed by atoms with van der Waals surface area (Å²) in [7, 11) is 3.27. The molecule has 0 aliphatic rings. The van der Waals surface area contributed by atoms with Gasteiger partial charge in [0.1, 0.15) is 0 Å². The molecular weight excluding hydrogens is 212 g/mol. The Morgan fingerprint density at radius 3 is 2.69 bits per heavy atom. The summed E-state index contributed by atoms with van der Waals surface area (Å²) in [6.45, 7) is 1.92. The zero-order chi connectivity index (χ0) is 12.4. The fourth-order valence-corrected chi connectivity index (χ4v) is 1.10. The van der Waals surface area contributed by atoms with Crippen molar-refractivity contribution in [2.45, 2.75) is 12.8 Å². The average Bonchev–Trinajstić information content (AvgIpc) is 2.23. The quantitative estimate of drug-likeness (QED) is 0.526. The number of ether oxygens (including phenoxy) is 1. The van der Waals surface area contributed by atoms with E-state index in [1.807, 2.05) is 0 Å². The highest BCUT2D eigenvalue weighted by atomic mass is 16.5. The van der Waals surface area contributed by atoms with Crippen LogP contribution in [-0.4, -0.2) is 62.3 Å². The number of nitrogens with one attached hydrogen (secondary N) is 1. The molecule has 16 heavy (non-hydrogen) atoms. The minimum Gasteiger partial charge on any atom is -0.481 e. The van der Waals surface area contributed by atoms with E-state index >= 15 is 0 Å². The summed E-state index contributed by atoms with van der Waals surface area (Å²) >= 11 is 0. The van der Waals surface area contributed by atoms with Crippen molar-refractivity contribution in [2.75, 3.05) is 40.4 Å². The lowest BCUT2D eigenvalue weighted by molar-refractivity contribution is -0.137. The van der Waals surface area contributed by atoms with Gasteiger partial charge in [-0.25, -0.2) is 0 Å². The van der Waals surface area contributed by atoms with Gasteiger partial charge in [-0.3, -0.25) is 9.59 Å². The first-order valence-electron chi connectivity index (χ1n) is 5.23. The summed E-state index contributed by atoms with van der Waals surface area (Å²) in [5, 5.41) is 11.4. The van der Waals surface area contributed by atoms with Crippen LogP contribution in [0.1, 0.15) is 12.8 Å². The second-order valence-corrected chi connectivity index (χ2v) is 3.48. The van der Waals surface area contributed by atoms with Crippen LogP contribution in [0, 0.1) is 0 Å². The van der Waals surface area contributed by atoms with Crippen LogP contribution in [0.25, 0.3) is 0 Å².